The maximum absolute atomic E-state index is 12.0. The van der Waals surface area contributed by atoms with Crippen molar-refractivity contribution < 1.29 is 23.8 Å². The summed E-state index contributed by atoms with van der Waals surface area (Å²) in [5.41, 5.74) is 2.16. The molecule has 148 valence electrons. The molecule has 0 spiro atoms. The summed E-state index contributed by atoms with van der Waals surface area (Å²) in [5.74, 6) is 0.0554. The molecule has 0 radical (unpaired) electrons. The van der Waals surface area contributed by atoms with E-state index in [1.165, 1.54) is 0 Å². The Kier molecular flexibility index (Phi) is 5.79. The molecule has 0 fully saturated rings. The number of hydrogen-bond acceptors (Lipinski definition) is 5. The number of fused-ring (bicyclic) bond motifs is 1. The van der Waals surface area contributed by atoms with Crippen LogP contribution in [0.3, 0.4) is 0 Å². The van der Waals surface area contributed by atoms with Crippen LogP contribution in [-0.2, 0) is 20.7 Å². The number of rotatable bonds is 6. The number of ether oxygens (including phenoxy) is 3. The van der Waals surface area contributed by atoms with Gasteiger partial charge in [-0.05, 0) is 50.6 Å². The van der Waals surface area contributed by atoms with Gasteiger partial charge in [-0.1, -0.05) is 23.7 Å². The molecule has 3 rings (SSSR count). The van der Waals surface area contributed by atoms with Crippen LogP contribution in [0.15, 0.2) is 36.4 Å². The number of carbonyl (C=O) groups excluding carboxylic acids is 2. The number of aryl methyl sites for hydroxylation is 1. The van der Waals surface area contributed by atoms with Gasteiger partial charge in [0, 0.05) is 22.7 Å². The van der Waals surface area contributed by atoms with Crippen LogP contribution in [0, 0.1) is 6.92 Å². The molecular formula is C21H22ClNO5. The van der Waals surface area contributed by atoms with Gasteiger partial charge in [0.15, 0.2) is 24.7 Å². The Morgan fingerprint density at radius 1 is 1.21 bits per heavy atom. The fraction of sp³-hybridized carbons (Fsp3) is 0.333. The van der Waals surface area contributed by atoms with Crippen molar-refractivity contribution in [3.8, 4) is 11.5 Å². The maximum atomic E-state index is 12.0. The van der Waals surface area contributed by atoms with E-state index in [2.05, 4.69) is 5.32 Å². The Labute approximate surface area is 168 Å². The van der Waals surface area contributed by atoms with Gasteiger partial charge >= 0.3 is 5.97 Å². The van der Waals surface area contributed by atoms with Gasteiger partial charge in [0.05, 0.1) is 0 Å². The maximum Gasteiger partial charge on any atom is 0.344 e. The van der Waals surface area contributed by atoms with Gasteiger partial charge in [0.25, 0.3) is 5.91 Å². The third-order valence-corrected chi connectivity index (χ3v) is 4.46. The molecule has 1 N–H and O–H groups in total. The van der Waals surface area contributed by atoms with Crippen molar-refractivity contribution in [1.82, 2.24) is 0 Å². The van der Waals surface area contributed by atoms with Crippen LogP contribution in [0.2, 0.25) is 5.02 Å². The Morgan fingerprint density at radius 2 is 2.00 bits per heavy atom. The molecule has 28 heavy (non-hydrogen) atoms. The van der Waals surface area contributed by atoms with E-state index in [9.17, 15) is 9.59 Å². The number of para-hydroxylation sites is 1. The molecule has 1 amide bonds. The first-order chi connectivity index (χ1) is 13.2. The third-order valence-electron chi connectivity index (χ3n) is 4.23. The van der Waals surface area contributed by atoms with Crippen LogP contribution in [0.4, 0.5) is 5.69 Å². The number of amides is 1. The van der Waals surface area contributed by atoms with E-state index in [1.807, 2.05) is 32.9 Å². The van der Waals surface area contributed by atoms with Crippen molar-refractivity contribution in [3.63, 3.8) is 0 Å². The zero-order chi connectivity index (χ0) is 20.3. The molecule has 0 aromatic heterocycles. The fourth-order valence-electron chi connectivity index (χ4n) is 2.98. The fourth-order valence-corrected chi connectivity index (χ4v) is 3.21. The molecule has 0 atom stereocenters. The van der Waals surface area contributed by atoms with Crippen LogP contribution in [0.5, 0.6) is 11.5 Å². The van der Waals surface area contributed by atoms with Crippen LogP contribution in [0.1, 0.15) is 25.0 Å². The molecule has 1 aliphatic heterocycles. The molecule has 0 bridgehead atoms. The van der Waals surface area contributed by atoms with E-state index in [-0.39, 0.29) is 12.2 Å². The van der Waals surface area contributed by atoms with Crippen LogP contribution in [0.25, 0.3) is 0 Å². The highest BCUT2D eigenvalue weighted by atomic mass is 35.5. The lowest BCUT2D eigenvalue weighted by Gasteiger charge is -2.18. The zero-order valence-corrected chi connectivity index (χ0v) is 16.8. The summed E-state index contributed by atoms with van der Waals surface area (Å²) in [6.07, 6.45) is 0.772. The highest BCUT2D eigenvalue weighted by molar-refractivity contribution is 6.30. The minimum absolute atomic E-state index is 0.305. The molecule has 0 aliphatic carbocycles. The molecule has 2 aromatic rings. The van der Waals surface area contributed by atoms with Gasteiger partial charge in [0.1, 0.15) is 5.60 Å². The van der Waals surface area contributed by atoms with Gasteiger partial charge in [-0.2, -0.15) is 0 Å². The van der Waals surface area contributed by atoms with Crippen molar-refractivity contribution in [2.24, 2.45) is 0 Å². The SMILES string of the molecule is Cc1cc(Cl)ccc1NC(=O)COC(=O)COc1cccc2c1OC(C)(C)C2. The number of hydrogen-bond donors (Lipinski definition) is 1. The molecular weight excluding hydrogens is 382 g/mol. The van der Waals surface area contributed by atoms with E-state index < -0.39 is 18.5 Å². The number of benzene rings is 2. The lowest BCUT2D eigenvalue weighted by atomic mass is 10.0. The molecule has 1 aliphatic rings. The first-order valence-electron chi connectivity index (χ1n) is 8.89. The number of halogens is 1. The topological polar surface area (TPSA) is 73.9 Å². The molecule has 0 unspecified atom stereocenters. The summed E-state index contributed by atoms with van der Waals surface area (Å²) in [6.45, 7) is 5.09. The quantitative estimate of drug-likeness (QED) is 0.740. The standard InChI is InChI=1S/C21H22ClNO5/c1-13-9-15(22)7-8-16(13)23-18(24)11-27-19(25)12-26-17-6-4-5-14-10-21(2,3)28-20(14)17/h4-9H,10-12H2,1-3H3,(H,23,24). The van der Waals surface area contributed by atoms with Gasteiger partial charge in [-0.25, -0.2) is 4.79 Å². The molecule has 2 aromatic carbocycles. The number of anilines is 1. The largest absolute Gasteiger partial charge is 0.483 e. The number of carbonyl (C=O) groups is 2. The van der Waals surface area contributed by atoms with Crippen molar-refractivity contribution in [3.05, 3.63) is 52.5 Å². The molecule has 6 nitrogen and oxygen atoms in total. The second-order valence-corrected chi connectivity index (χ2v) is 7.68. The second kappa shape index (κ2) is 8.10. The van der Waals surface area contributed by atoms with E-state index in [1.54, 1.807) is 24.3 Å². The summed E-state index contributed by atoms with van der Waals surface area (Å²) < 4.78 is 16.4. The second-order valence-electron chi connectivity index (χ2n) is 7.24. The lowest BCUT2D eigenvalue weighted by Crippen LogP contribution is -2.25. The zero-order valence-electron chi connectivity index (χ0n) is 16.0. The first kappa shape index (κ1) is 20.0. The third kappa shape index (κ3) is 4.95. The Morgan fingerprint density at radius 3 is 2.75 bits per heavy atom. The van der Waals surface area contributed by atoms with Crippen molar-refractivity contribution >= 4 is 29.2 Å². The van der Waals surface area contributed by atoms with Crippen molar-refractivity contribution in [2.75, 3.05) is 18.5 Å². The average molecular weight is 404 g/mol. The number of nitrogens with one attached hydrogen (secondary N) is 1. The van der Waals surface area contributed by atoms with Gasteiger partial charge < -0.3 is 19.5 Å². The Balaban J connectivity index is 1.48. The summed E-state index contributed by atoms with van der Waals surface area (Å²) in [6, 6.07) is 10.7. The van der Waals surface area contributed by atoms with E-state index in [4.69, 9.17) is 25.8 Å². The number of esters is 1. The predicted molar refractivity (Wildman–Crippen MR) is 106 cm³/mol. The van der Waals surface area contributed by atoms with E-state index in [0.29, 0.717) is 22.2 Å². The summed E-state index contributed by atoms with van der Waals surface area (Å²) in [7, 11) is 0. The summed E-state index contributed by atoms with van der Waals surface area (Å²) in [5, 5.41) is 3.26. The molecule has 0 saturated carbocycles. The smallest absolute Gasteiger partial charge is 0.344 e. The molecule has 1 heterocycles. The van der Waals surface area contributed by atoms with Gasteiger partial charge in [-0.3, -0.25) is 4.79 Å². The highest BCUT2D eigenvalue weighted by Crippen LogP contribution is 2.41. The van der Waals surface area contributed by atoms with Crippen LogP contribution >= 0.6 is 11.6 Å². The lowest BCUT2D eigenvalue weighted by molar-refractivity contribution is -0.149. The minimum atomic E-state index is -0.641. The van der Waals surface area contributed by atoms with Crippen LogP contribution in [-0.4, -0.2) is 30.7 Å². The van der Waals surface area contributed by atoms with E-state index in [0.717, 1.165) is 17.5 Å². The Hall–Kier alpha value is -2.73. The molecule has 0 saturated heterocycles. The average Bonchev–Trinajstić information content (AvgIpc) is 2.95. The normalized spacial score (nSPS) is 14.0. The minimum Gasteiger partial charge on any atom is -0.483 e. The van der Waals surface area contributed by atoms with Crippen molar-refractivity contribution in [2.45, 2.75) is 32.8 Å². The van der Waals surface area contributed by atoms with Crippen molar-refractivity contribution in [1.29, 1.82) is 0 Å². The highest BCUT2D eigenvalue weighted by Gasteiger charge is 2.32. The first-order valence-corrected chi connectivity index (χ1v) is 9.27. The van der Waals surface area contributed by atoms with Gasteiger partial charge in [-0.15, -0.1) is 0 Å². The Bertz CT molecular complexity index is 910. The summed E-state index contributed by atoms with van der Waals surface area (Å²) >= 11 is 5.89. The van der Waals surface area contributed by atoms with E-state index >= 15 is 0 Å². The van der Waals surface area contributed by atoms with Gasteiger partial charge in [0.2, 0.25) is 0 Å². The predicted octanol–water partition coefficient (Wildman–Crippen LogP) is 3.92. The van der Waals surface area contributed by atoms with Crippen LogP contribution < -0.4 is 14.8 Å². The summed E-state index contributed by atoms with van der Waals surface area (Å²) in [4.78, 5) is 23.9. The monoisotopic (exact) mass is 403 g/mol. The molecule has 7 heteroatoms.